The third-order valence-corrected chi connectivity index (χ3v) is 8.06. The molecular formula is C26H28F2O5P+. The van der Waals surface area contributed by atoms with E-state index in [1.165, 1.54) is 24.3 Å². The maximum absolute atomic E-state index is 13.4. The molecule has 4 rings (SSSR count). The second kappa shape index (κ2) is 10.5. The van der Waals surface area contributed by atoms with Crippen molar-refractivity contribution in [3.8, 4) is 0 Å². The average Bonchev–Trinajstić information content (AvgIpc) is 3.53. The van der Waals surface area contributed by atoms with Gasteiger partial charge in [0.2, 0.25) is 0 Å². The van der Waals surface area contributed by atoms with Crippen molar-refractivity contribution < 1.29 is 32.0 Å². The zero-order valence-electron chi connectivity index (χ0n) is 18.9. The minimum atomic E-state index is -2.68. The number of hydrogen-bond acceptors (Lipinski definition) is 5. The van der Waals surface area contributed by atoms with E-state index in [1.54, 1.807) is 24.3 Å². The number of halogens is 2. The number of Topliss-reactive ketones (excluding diaryl/α,β-unsaturated/α-hetero) is 2. The molecule has 2 saturated carbocycles. The lowest BCUT2D eigenvalue weighted by Gasteiger charge is -2.27. The molecule has 2 aliphatic rings. The van der Waals surface area contributed by atoms with Gasteiger partial charge in [0.05, 0.1) is 10.8 Å². The predicted molar refractivity (Wildman–Crippen MR) is 123 cm³/mol. The van der Waals surface area contributed by atoms with Crippen LogP contribution in [0.5, 0.6) is 0 Å². The zero-order valence-corrected chi connectivity index (χ0v) is 19.8. The lowest BCUT2D eigenvalue weighted by Crippen LogP contribution is -2.36. The molecule has 2 aliphatic carbocycles. The van der Waals surface area contributed by atoms with Gasteiger partial charge in [-0.05, 0) is 61.1 Å². The Labute approximate surface area is 198 Å². The molecule has 2 aromatic rings. The Morgan fingerprint density at radius 1 is 0.676 bits per heavy atom. The first kappa shape index (κ1) is 24.8. The fourth-order valence-electron chi connectivity index (χ4n) is 5.49. The molecule has 0 amide bonds. The number of carbonyl (C=O) groups is 2. The Hall–Kier alpha value is -2.34. The number of benzene rings is 2. The summed E-state index contributed by atoms with van der Waals surface area (Å²) in [5.74, 6) is -1.20. The first-order chi connectivity index (χ1) is 16.4. The van der Waals surface area contributed by atoms with E-state index in [0.29, 0.717) is 25.7 Å². The van der Waals surface area contributed by atoms with Crippen molar-refractivity contribution in [2.75, 3.05) is 13.2 Å². The highest BCUT2D eigenvalue weighted by Gasteiger charge is 2.45. The zero-order chi connectivity index (χ0) is 24.2. The molecule has 180 valence electrons. The molecule has 0 aromatic heterocycles. The van der Waals surface area contributed by atoms with Crippen molar-refractivity contribution >= 4 is 19.8 Å². The van der Waals surface area contributed by atoms with Gasteiger partial charge in [-0.3, -0.25) is 9.59 Å². The summed E-state index contributed by atoms with van der Waals surface area (Å²) in [4.78, 5) is 26.1. The SMILES string of the molecule is O=C(CO[P+](=O)OCC(=O)C1(c2ccc(F)cc2)CCCC1)C1(c2ccc(F)cc2)CCCC1. The molecule has 2 fully saturated rings. The highest BCUT2D eigenvalue weighted by atomic mass is 31.1. The van der Waals surface area contributed by atoms with Gasteiger partial charge in [0.1, 0.15) is 11.6 Å². The Morgan fingerprint density at radius 2 is 1.00 bits per heavy atom. The first-order valence-corrected chi connectivity index (χ1v) is 12.8. The third kappa shape index (κ3) is 5.02. The van der Waals surface area contributed by atoms with E-state index < -0.39 is 32.3 Å². The maximum Gasteiger partial charge on any atom is 0.698 e. The van der Waals surface area contributed by atoms with E-state index in [4.69, 9.17) is 9.05 Å². The summed E-state index contributed by atoms with van der Waals surface area (Å²) in [5, 5.41) is 0. The molecule has 0 N–H and O–H groups in total. The fourth-order valence-corrected chi connectivity index (χ4v) is 6.01. The van der Waals surface area contributed by atoms with Crippen LogP contribution in [0.1, 0.15) is 62.5 Å². The van der Waals surface area contributed by atoms with Gasteiger partial charge >= 0.3 is 8.25 Å². The number of hydrogen-bond donors (Lipinski definition) is 0. The van der Waals surface area contributed by atoms with Gasteiger partial charge in [0, 0.05) is 4.57 Å². The normalized spacial score (nSPS) is 18.6. The molecule has 0 bridgehead atoms. The summed E-state index contributed by atoms with van der Waals surface area (Å²) in [6, 6.07) is 11.8. The van der Waals surface area contributed by atoms with Crippen LogP contribution >= 0.6 is 8.25 Å². The van der Waals surface area contributed by atoms with Crippen LogP contribution in [0.4, 0.5) is 8.78 Å². The van der Waals surface area contributed by atoms with Crippen LogP contribution in [0.25, 0.3) is 0 Å². The van der Waals surface area contributed by atoms with Crippen molar-refractivity contribution in [2.45, 2.75) is 62.2 Å². The van der Waals surface area contributed by atoms with E-state index in [9.17, 15) is 22.9 Å². The monoisotopic (exact) mass is 489 g/mol. The largest absolute Gasteiger partial charge is 0.698 e. The van der Waals surface area contributed by atoms with Crippen LogP contribution in [0.2, 0.25) is 0 Å². The Morgan fingerprint density at radius 3 is 1.32 bits per heavy atom. The molecule has 0 unspecified atom stereocenters. The smallest absolute Gasteiger partial charge is 0.296 e. The summed E-state index contributed by atoms with van der Waals surface area (Å²) >= 11 is 0. The molecule has 5 nitrogen and oxygen atoms in total. The van der Waals surface area contributed by atoms with Crippen molar-refractivity contribution in [2.24, 2.45) is 0 Å². The van der Waals surface area contributed by atoms with Gasteiger partial charge in [-0.1, -0.05) is 49.9 Å². The maximum atomic E-state index is 13.4. The summed E-state index contributed by atoms with van der Waals surface area (Å²) < 4.78 is 49.5. The topological polar surface area (TPSA) is 69.7 Å². The first-order valence-electron chi connectivity index (χ1n) is 11.7. The van der Waals surface area contributed by atoms with E-state index in [2.05, 4.69) is 0 Å². The predicted octanol–water partition coefficient (Wildman–Crippen LogP) is 6.12. The summed E-state index contributed by atoms with van der Waals surface area (Å²) in [5.41, 5.74) is -0.102. The fraction of sp³-hybridized carbons (Fsp3) is 0.462. The second-order valence-electron chi connectivity index (χ2n) is 9.21. The van der Waals surface area contributed by atoms with Crippen LogP contribution < -0.4 is 0 Å². The highest BCUT2D eigenvalue weighted by Crippen LogP contribution is 2.44. The van der Waals surface area contributed by atoms with Crippen LogP contribution in [-0.4, -0.2) is 24.8 Å². The van der Waals surface area contributed by atoms with Gasteiger partial charge in [-0.15, -0.1) is 9.05 Å². The van der Waals surface area contributed by atoms with Gasteiger partial charge < -0.3 is 0 Å². The quantitative estimate of drug-likeness (QED) is 0.376. The molecule has 0 heterocycles. The lowest BCUT2D eigenvalue weighted by atomic mass is 9.75. The molecular weight excluding hydrogens is 461 g/mol. The molecule has 2 aromatic carbocycles. The summed E-state index contributed by atoms with van der Waals surface area (Å²) in [6.45, 7) is -0.826. The van der Waals surface area contributed by atoms with Crippen LogP contribution in [0.15, 0.2) is 48.5 Å². The molecule has 0 saturated heterocycles. The van der Waals surface area contributed by atoms with E-state index in [-0.39, 0.29) is 23.2 Å². The molecule has 0 spiro atoms. The van der Waals surface area contributed by atoms with E-state index in [0.717, 1.165) is 36.8 Å². The number of carbonyl (C=O) groups excluding carboxylic acids is 2. The van der Waals surface area contributed by atoms with Crippen LogP contribution in [-0.2, 0) is 34.0 Å². The Balaban J connectivity index is 1.35. The van der Waals surface area contributed by atoms with Crippen molar-refractivity contribution in [3.63, 3.8) is 0 Å². The number of rotatable bonds is 10. The molecule has 34 heavy (non-hydrogen) atoms. The second-order valence-corrected chi connectivity index (χ2v) is 10.2. The van der Waals surface area contributed by atoms with Gasteiger partial charge in [0.15, 0.2) is 24.8 Å². The van der Waals surface area contributed by atoms with Crippen LogP contribution in [0, 0.1) is 11.6 Å². The van der Waals surface area contributed by atoms with Crippen LogP contribution in [0.3, 0.4) is 0 Å². The van der Waals surface area contributed by atoms with E-state index >= 15 is 0 Å². The molecule has 8 heteroatoms. The lowest BCUT2D eigenvalue weighted by molar-refractivity contribution is -0.127. The Bertz CT molecular complexity index is 956. The number of ketones is 2. The van der Waals surface area contributed by atoms with E-state index in [1.807, 2.05) is 0 Å². The van der Waals surface area contributed by atoms with Crippen molar-refractivity contribution in [3.05, 3.63) is 71.3 Å². The third-order valence-electron chi connectivity index (χ3n) is 7.38. The van der Waals surface area contributed by atoms with Crippen molar-refractivity contribution in [1.82, 2.24) is 0 Å². The Kier molecular flexibility index (Phi) is 7.66. The standard InChI is InChI=1S/C26H28F2O5P/c27-21-9-5-19(6-10-21)25(13-1-2-14-25)23(29)17-32-34(31)33-18-24(30)26(15-3-4-16-26)20-7-11-22(28)12-8-20/h5-12H,1-4,13-18H2/q+1. The highest BCUT2D eigenvalue weighted by molar-refractivity contribution is 7.33. The minimum Gasteiger partial charge on any atom is -0.296 e. The molecule has 0 radical (unpaired) electrons. The van der Waals surface area contributed by atoms with Crippen molar-refractivity contribution in [1.29, 1.82) is 0 Å². The van der Waals surface area contributed by atoms with Gasteiger partial charge in [-0.2, -0.15) is 0 Å². The molecule has 0 atom stereocenters. The summed E-state index contributed by atoms with van der Waals surface area (Å²) in [6.07, 6.45) is 5.96. The summed E-state index contributed by atoms with van der Waals surface area (Å²) in [7, 11) is -2.68. The minimum absolute atomic E-state index is 0.228. The van der Waals surface area contributed by atoms with Gasteiger partial charge in [-0.25, -0.2) is 8.78 Å². The molecule has 0 aliphatic heterocycles. The van der Waals surface area contributed by atoms with Gasteiger partial charge in [0.25, 0.3) is 0 Å². The average molecular weight is 489 g/mol.